The van der Waals surface area contributed by atoms with E-state index in [1.807, 2.05) is 17.4 Å². The fourth-order valence-electron chi connectivity index (χ4n) is 2.00. The Kier molecular flexibility index (Phi) is 3.34. The van der Waals surface area contributed by atoms with Gasteiger partial charge in [0.05, 0.1) is 5.56 Å². The summed E-state index contributed by atoms with van der Waals surface area (Å²) in [5.41, 5.74) is 1.69. The van der Waals surface area contributed by atoms with Gasteiger partial charge in [0.2, 0.25) is 0 Å². The zero-order chi connectivity index (χ0) is 15.0. The van der Waals surface area contributed by atoms with Crippen LogP contribution in [0.4, 0.5) is 0 Å². The standard InChI is InChI=1S/C14H12N4O2S/c1-8-3-4-10(7-11(8)14(19)20)21-13-12-17-16-9(2)18(12)6-5-15-13/h3-7H,1-2H3,(H,19,20). The van der Waals surface area contributed by atoms with E-state index >= 15 is 0 Å². The SMILES string of the molecule is Cc1ccc(Sc2nccn3c(C)nnc23)cc1C(=O)O. The molecule has 2 heterocycles. The Hall–Kier alpha value is -2.41. The highest BCUT2D eigenvalue weighted by molar-refractivity contribution is 7.99. The quantitative estimate of drug-likeness (QED) is 0.800. The van der Waals surface area contributed by atoms with Crippen LogP contribution in [0.5, 0.6) is 0 Å². The van der Waals surface area contributed by atoms with Gasteiger partial charge in [-0.25, -0.2) is 9.78 Å². The zero-order valence-electron chi connectivity index (χ0n) is 11.4. The number of benzene rings is 1. The molecule has 0 bridgehead atoms. The molecule has 0 radical (unpaired) electrons. The van der Waals surface area contributed by atoms with E-state index in [0.717, 1.165) is 16.3 Å². The van der Waals surface area contributed by atoms with Crippen LogP contribution in [-0.2, 0) is 0 Å². The molecular formula is C14H12N4O2S. The van der Waals surface area contributed by atoms with Crippen molar-refractivity contribution in [3.8, 4) is 0 Å². The average molecular weight is 300 g/mol. The average Bonchev–Trinajstić information content (AvgIpc) is 2.84. The monoisotopic (exact) mass is 300 g/mol. The van der Waals surface area contributed by atoms with Crippen molar-refractivity contribution in [1.29, 1.82) is 0 Å². The summed E-state index contributed by atoms with van der Waals surface area (Å²) in [7, 11) is 0. The third kappa shape index (κ3) is 2.47. The summed E-state index contributed by atoms with van der Waals surface area (Å²) in [6.45, 7) is 3.64. The highest BCUT2D eigenvalue weighted by atomic mass is 32.2. The van der Waals surface area contributed by atoms with Crippen molar-refractivity contribution in [2.24, 2.45) is 0 Å². The van der Waals surface area contributed by atoms with E-state index in [2.05, 4.69) is 15.2 Å². The second kappa shape index (κ2) is 5.17. The lowest BCUT2D eigenvalue weighted by Gasteiger charge is -2.05. The van der Waals surface area contributed by atoms with Gasteiger partial charge in [0.15, 0.2) is 5.65 Å². The maximum Gasteiger partial charge on any atom is 0.335 e. The van der Waals surface area contributed by atoms with Crippen LogP contribution >= 0.6 is 11.8 Å². The molecule has 1 aromatic carbocycles. The van der Waals surface area contributed by atoms with Crippen molar-refractivity contribution in [2.75, 3.05) is 0 Å². The molecule has 0 aliphatic heterocycles. The number of hydrogen-bond acceptors (Lipinski definition) is 5. The highest BCUT2D eigenvalue weighted by Crippen LogP contribution is 2.30. The van der Waals surface area contributed by atoms with E-state index in [9.17, 15) is 9.90 Å². The van der Waals surface area contributed by atoms with Gasteiger partial charge >= 0.3 is 5.97 Å². The number of aromatic carboxylic acids is 1. The van der Waals surface area contributed by atoms with Crippen molar-refractivity contribution >= 4 is 23.4 Å². The second-order valence-electron chi connectivity index (χ2n) is 4.56. The Morgan fingerprint density at radius 1 is 1.29 bits per heavy atom. The summed E-state index contributed by atoms with van der Waals surface area (Å²) in [5, 5.41) is 18.0. The molecule has 0 aliphatic rings. The summed E-state index contributed by atoms with van der Waals surface area (Å²) in [6, 6.07) is 5.32. The second-order valence-corrected chi connectivity index (χ2v) is 5.62. The molecule has 2 aromatic heterocycles. The molecule has 106 valence electrons. The molecule has 0 fully saturated rings. The van der Waals surface area contributed by atoms with E-state index in [1.54, 1.807) is 31.5 Å². The predicted octanol–water partition coefficient (Wildman–Crippen LogP) is 2.59. The van der Waals surface area contributed by atoms with Crippen LogP contribution in [0.25, 0.3) is 5.65 Å². The van der Waals surface area contributed by atoms with Crippen molar-refractivity contribution < 1.29 is 9.90 Å². The van der Waals surface area contributed by atoms with Gasteiger partial charge in [-0.15, -0.1) is 10.2 Å². The van der Waals surface area contributed by atoms with Gasteiger partial charge in [-0.3, -0.25) is 4.40 Å². The predicted molar refractivity (Wildman–Crippen MR) is 77.8 cm³/mol. The number of aromatic nitrogens is 4. The first-order valence-electron chi connectivity index (χ1n) is 6.24. The Balaban J connectivity index is 2.03. The Morgan fingerprint density at radius 2 is 2.10 bits per heavy atom. The topological polar surface area (TPSA) is 80.4 Å². The molecule has 6 nitrogen and oxygen atoms in total. The Bertz CT molecular complexity index is 844. The molecular weight excluding hydrogens is 288 g/mol. The minimum atomic E-state index is -0.931. The molecule has 7 heteroatoms. The van der Waals surface area contributed by atoms with Crippen molar-refractivity contribution in [3.63, 3.8) is 0 Å². The Labute approximate surface area is 124 Å². The van der Waals surface area contributed by atoms with Gasteiger partial charge in [-0.2, -0.15) is 0 Å². The lowest BCUT2D eigenvalue weighted by molar-refractivity contribution is 0.0696. The summed E-state index contributed by atoms with van der Waals surface area (Å²) in [4.78, 5) is 16.3. The molecule has 0 saturated heterocycles. The van der Waals surface area contributed by atoms with Crippen LogP contribution in [0.3, 0.4) is 0 Å². The number of aryl methyl sites for hydroxylation is 2. The van der Waals surface area contributed by atoms with Gasteiger partial charge in [-0.1, -0.05) is 17.8 Å². The van der Waals surface area contributed by atoms with Crippen LogP contribution in [-0.4, -0.2) is 30.7 Å². The van der Waals surface area contributed by atoms with E-state index in [-0.39, 0.29) is 0 Å². The lowest BCUT2D eigenvalue weighted by atomic mass is 10.1. The number of carboxylic acids is 1. The van der Waals surface area contributed by atoms with Crippen LogP contribution in [0.15, 0.2) is 40.5 Å². The first-order valence-corrected chi connectivity index (χ1v) is 7.06. The molecule has 0 amide bonds. The smallest absolute Gasteiger partial charge is 0.335 e. The van der Waals surface area contributed by atoms with Gasteiger partial charge in [-0.05, 0) is 31.5 Å². The number of carbonyl (C=O) groups is 1. The summed E-state index contributed by atoms with van der Waals surface area (Å²) in [6.07, 6.45) is 3.48. The summed E-state index contributed by atoms with van der Waals surface area (Å²) in [5.74, 6) is -0.149. The molecule has 0 atom stereocenters. The molecule has 21 heavy (non-hydrogen) atoms. The zero-order valence-corrected chi connectivity index (χ0v) is 12.3. The van der Waals surface area contributed by atoms with E-state index in [0.29, 0.717) is 16.2 Å². The largest absolute Gasteiger partial charge is 0.478 e. The molecule has 1 N–H and O–H groups in total. The molecule has 0 spiro atoms. The minimum Gasteiger partial charge on any atom is -0.478 e. The van der Waals surface area contributed by atoms with Gasteiger partial charge in [0.25, 0.3) is 0 Å². The normalized spacial score (nSPS) is 11.0. The summed E-state index contributed by atoms with van der Waals surface area (Å²) >= 11 is 1.37. The van der Waals surface area contributed by atoms with Crippen molar-refractivity contribution in [3.05, 3.63) is 47.5 Å². The minimum absolute atomic E-state index is 0.296. The maximum absolute atomic E-state index is 11.2. The third-order valence-corrected chi connectivity index (χ3v) is 4.09. The summed E-state index contributed by atoms with van der Waals surface area (Å²) < 4.78 is 1.85. The lowest BCUT2D eigenvalue weighted by Crippen LogP contribution is -1.99. The van der Waals surface area contributed by atoms with E-state index in [1.165, 1.54) is 11.8 Å². The molecule has 0 saturated carbocycles. The fourth-order valence-corrected chi connectivity index (χ4v) is 2.88. The molecule has 3 rings (SSSR count). The first kappa shape index (κ1) is 13.6. The van der Waals surface area contributed by atoms with E-state index < -0.39 is 5.97 Å². The number of fused-ring (bicyclic) bond motifs is 1. The Morgan fingerprint density at radius 3 is 2.86 bits per heavy atom. The van der Waals surface area contributed by atoms with E-state index in [4.69, 9.17) is 0 Å². The molecule has 0 aliphatic carbocycles. The van der Waals surface area contributed by atoms with Gasteiger partial charge in [0.1, 0.15) is 10.9 Å². The number of rotatable bonds is 3. The van der Waals surface area contributed by atoms with Crippen LogP contribution in [0.2, 0.25) is 0 Å². The number of carboxylic acid groups (broad SMARTS) is 1. The first-order chi connectivity index (χ1) is 10.1. The molecule has 3 aromatic rings. The van der Waals surface area contributed by atoms with Crippen LogP contribution in [0.1, 0.15) is 21.7 Å². The van der Waals surface area contributed by atoms with Crippen LogP contribution < -0.4 is 0 Å². The molecule has 0 unspecified atom stereocenters. The van der Waals surface area contributed by atoms with Crippen molar-refractivity contribution in [1.82, 2.24) is 19.6 Å². The third-order valence-electron chi connectivity index (χ3n) is 3.12. The number of hydrogen-bond donors (Lipinski definition) is 1. The van der Waals surface area contributed by atoms with Crippen LogP contribution in [0, 0.1) is 13.8 Å². The maximum atomic E-state index is 11.2. The number of nitrogens with zero attached hydrogens (tertiary/aromatic N) is 4. The van der Waals surface area contributed by atoms with Crippen molar-refractivity contribution in [2.45, 2.75) is 23.8 Å². The fraction of sp³-hybridized carbons (Fsp3) is 0.143. The van der Waals surface area contributed by atoms with Gasteiger partial charge < -0.3 is 5.11 Å². The highest BCUT2D eigenvalue weighted by Gasteiger charge is 2.12. The van der Waals surface area contributed by atoms with Gasteiger partial charge in [0, 0.05) is 17.3 Å².